The summed E-state index contributed by atoms with van der Waals surface area (Å²) in [4.78, 5) is 15.4. The third kappa shape index (κ3) is 4.54. The van der Waals surface area contributed by atoms with E-state index in [-0.39, 0.29) is 18.6 Å². The Morgan fingerprint density at radius 3 is 2.92 bits per heavy atom. The standard InChI is InChI=1S/C14H11BrF3N3O2S/c1-2-23-10(22)4-8-6-24-14(20-8)21-19-5-7-3-9(16)13(18)11(15)12(7)17/h3,5-6H,2,4H2,1H3,(H,20,21). The van der Waals surface area contributed by atoms with Gasteiger partial charge in [-0.25, -0.2) is 18.2 Å². The Kier molecular flexibility index (Phi) is 6.32. The molecule has 0 radical (unpaired) electrons. The number of esters is 1. The van der Waals surface area contributed by atoms with Gasteiger partial charge in [-0.1, -0.05) is 0 Å². The third-order valence-electron chi connectivity index (χ3n) is 2.68. The molecule has 1 N–H and O–H groups in total. The van der Waals surface area contributed by atoms with Crippen LogP contribution in [0, 0.1) is 17.5 Å². The number of thiazole rings is 1. The molecule has 0 aliphatic rings. The highest BCUT2D eigenvalue weighted by Gasteiger charge is 2.15. The van der Waals surface area contributed by atoms with Gasteiger partial charge in [-0.2, -0.15) is 5.10 Å². The molecule has 2 rings (SSSR count). The van der Waals surface area contributed by atoms with E-state index in [9.17, 15) is 18.0 Å². The van der Waals surface area contributed by atoms with Crippen molar-refractivity contribution in [3.63, 3.8) is 0 Å². The maximum Gasteiger partial charge on any atom is 0.311 e. The topological polar surface area (TPSA) is 63.6 Å². The Hall–Kier alpha value is -1.94. The largest absolute Gasteiger partial charge is 0.466 e. The molecule has 1 aromatic carbocycles. The number of carbonyl (C=O) groups is 1. The second-order valence-electron chi connectivity index (χ2n) is 4.39. The van der Waals surface area contributed by atoms with Crippen molar-refractivity contribution in [1.29, 1.82) is 0 Å². The van der Waals surface area contributed by atoms with Gasteiger partial charge in [-0.05, 0) is 28.9 Å². The number of nitrogens with one attached hydrogen (secondary N) is 1. The van der Waals surface area contributed by atoms with Crippen molar-refractivity contribution in [1.82, 2.24) is 4.98 Å². The summed E-state index contributed by atoms with van der Waals surface area (Å²) in [6.45, 7) is 1.99. The van der Waals surface area contributed by atoms with E-state index in [2.05, 4.69) is 31.4 Å². The number of rotatable bonds is 6. The number of hydrazone groups is 1. The molecule has 0 atom stereocenters. The Bertz CT molecular complexity index is 783. The summed E-state index contributed by atoms with van der Waals surface area (Å²) in [5.41, 5.74) is 2.78. The number of anilines is 1. The summed E-state index contributed by atoms with van der Waals surface area (Å²) in [6, 6.07) is 0.689. The van der Waals surface area contributed by atoms with E-state index in [0.29, 0.717) is 16.9 Å². The molecule has 5 nitrogen and oxygen atoms in total. The molecule has 0 spiro atoms. The molecule has 1 heterocycles. The highest BCUT2D eigenvalue weighted by molar-refractivity contribution is 9.10. The zero-order chi connectivity index (χ0) is 17.7. The van der Waals surface area contributed by atoms with E-state index in [4.69, 9.17) is 4.74 Å². The van der Waals surface area contributed by atoms with E-state index < -0.39 is 27.9 Å². The fourth-order valence-corrected chi connectivity index (χ4v) is 2.72. The predicted molar refractivity (Wildman–Crippen MR) is 87.7 cm³/mol. The predicted octanol–water partition coefficient (Wildman–Crippen LogP) is 3.87. The van der Waals surface area contributed by atoms with Crippen molar-refractivity contribution in [3.8, 4) is 0 Å². The minimum Gasteiger partial charge on any atom is -0.466 e. The number of hydrogen-bond donors (Lipinski definition) is 1. The molecule has 10 heteroatoms. The molecule has 0 fully saturated rings. The number of aromatic nitrogens is 1. The van der Waals surface area contributed by atoms with Crippen LogP contribution in [0.1, 0.15) is 18.2 Å². The molecule has 0 unspecified atom stereocenters. The molecule has 0 amide bonds. The Labute approximate surface area is 147 Å². The average Bonchev–Trinajstić information content (AvgIpc) is 2.97. The Morgan fingerprint density at radius 2 is 2.21 bits per heavy atom. The average molecular weight is 422 g/mol. The molecule has 0 bridgehead atoms. The molecule has 0 aliphatic heterocycles. The second-order valence-corrected chi connectivity index (χ2v) is 6.04. The fraction of sp³-hybridized carbons (Fsp3) is 0.214. The van der Waals surface area contributed by atoms with Crippen LogP contribution in [-0.4, -0.2) is 23.8 Å². The summed E-state index contributed by atoms with van der Waals surface area (Å²) in [5, 5.41) is 5.72. The third-order valence-corrected chi connectivity index (χ3v) is 4.17. The van der Waals surface area contributed by atoms with Crippen molar-refractivity contribution in [3.05, 3.63) is 44.6 Å². The van der Waals surface area contributed by atoms with E-state index >= 15 is 0 Å². The summed E-state index contributed by atoms with van der Waals surface area (Å²) in [5.74, 6) is -3.87. The molecular formula is C14H11BrF3N3O2S. The molecule has 1 aromatic heterocycles. The van der Waals surface area contributed by atoms with Crippen LogP contribution in [0.4, 0.5) is 18.3 Å². The van der Waals surface area contributed by atoms with Crippen LogP contribution in [-0.2, 0) is 16.0 Å². The monoisotopic (exact) mass is 421 g/mol. The summed E-state index contributed by atoms with van der Waals surface area (Å²) in [6.07, 6.45) is 1.02. The number of halogens is 4. The number of carbonyl (C=O) groups excluding carboxylic acids is 1. The maximum atomic E-state index is 13.8. The lowest BCUT2D eigenvalue weighted by molar-refractivity contribution is -0.142. The van der Waals surface area contributed by atoms with E-state index in [1.54, 1.807) is 12.3 Å². The van der Waals surface area contributed by atoms with Crippen molar-refractivity contribution < 1.29 is 22.7 Å². The minimum absolute atomic E-state index is 0.0283. The quantitative estimate of drug-likeness (QED) is 0.252. The highest BCUT2D eigenvalue weighted by atomic mass is 79.9. The molecular weight excluding hydrogens is 411 g/mol. The van der Waals surface area contributed by atoms with Crippen LogP contribution < -0.4 is 5.43 Å². The number of ether oxygens (including phenoxy) is 1. The Morgan fingerprint density at radius 1 is 1.46 bits per heavy atom. The van der Waals surface area contributed by atoms with Gasteiger partial charge in [0.1, 0.15) is 5.82 Å². The SMILES string of the molecule is CCOC(=O)Cc1csc(NN=Cc2cc(F)c(F)c(Br)c2F)n1. The molecule has 2 aromatic rings. The van der Waals surface area contributed by atoms with Gasteiger partial charge in [0.25, 0.3) is 0 Å². The Balaban J connectivity index is 2.03. The molecule has 0 saturated heterocycles. The van der Waals surface area contributed by atoms with Gasteiger partial charge in [0, 0.05) is 10.9 Å². The number of benzene rings is 1. The lowest BCUT2D eigenvalue weighted by Crippen LogP contribution is -2.07. The normalized spacial score (nSPS) is 11.0. The smallest absolute Gasteiger partial charge is 0.311 e. The second kappa shape index (κ2) is 8.25. The molecule has 128 valence electrons. The van der Waals surface area contributed by atoms with Crippen molar-refractivity contribution in [2.24, 2.45) is 5.10 Å². The highest BCUT2D eigenvalue weighted by Crippen LogP contribution is 2.24. The van der Waals surface area contributed by atoms with Gasteiger partial charge < -0.3 is 4.74 Å². The first-order valence-electron chi connectivity index (χ1n) is 6.64. The first kappa shape index (κ1) is 18.4. The zero-order valence-corrected chi connectivity index (χ0v) is 14.7. The molecule has 24 heavy (non-hydrogen) atoms. The van der Waals surface area contributed by atoms with Crippen LogP contribution >= 0.6 is 27.3 Å². The molecule has 0 aliphatic carbocycles. The van der Waals surface area contributed by atoms with Crippen LogP contribution in [0.2, 0.25) is 0 Å². The van der Waals surface area contributed by atoms with Gasteiger partial charge in [-0.15, -0.1) is 11.3 Å². The summed E-state index contributed by atoms with van der Waals surface area (Å²) < 4.78 is 44.4. The summed E-state index contributed by atoms with van der Waals surface area (Å²) in [7, 11) is 0. The van der Waals surface area contributed by atoms with Gasteiger partial charge >= 0.3 is 5.97 Å². The van der Waals surface area contributed by atoms with Gasteiger partial charge in [-0.3, -0.25) is 10.2 Å². The van der Waals surface area contributed by atoms with Crippen molar-refractivity contribution in [2.45, 2.75) is 13.3 Å². The minimum atomic E-state index is -1.30. The van der Waals surface area contributed by atoms with Crippen molar-refractivity contribution >= 4 is 44.6 Å². The van der Waals surface area contributed by atoms with Gasteiger partial charge in [0.2, 0.25) is 5.13 Å². The first-order chi connectivity index (χ1) is 11.4. The maximum absolute atomic E-state index is 13.8. The first-order valence-corrected chi connectivity index (χ1v) is 8.31. The summed E-state index contributed by atoms with van der Waals surface area (Å²) >= 11 is 3.81. The fourth-order valence-electron chi connectivity index (χ4n) is 1.64. The van der Waals surface area contributed by atoms with Crippen molar-refractivity contribution in [2.75, 3.05) is 12.0 Å². The van der Waals surface area contributed by atoms with E-state index in [0.717, 1.165) is 6.21 Å². The van der Waals surface area contributed by atoms with Gasteiger partial charge in [0.05, 0.1) is 29.4 Å². The van der Waals surface area contributed by atoms with Gasteiger partial charge in [0.15, 0.2) is 11.6 Å². The lowest BCUT2D eigenvalue weighted by atomic mass is 10.2. The van der Waals surface area contributed by atoms with Crippen LogP contribution in [0.3, 0.4) is 0 Å². The van der Waals surface area contributed by atoms with Crippen LogP contribution in [0.25, 0.3) is 0 Å². The zero-order valence-electron chi connectivity index (χ0n) is 12.3. The van der Waals surface area contributed by atoms with E-state index in [1.165, 1.54) is 11.3 Å². The van der Waals surface area contributed by atoms with Crippen LogP contribution in [0.5, 0.6) is 0 Å². The number of hydrogen-bond acceptors (Lipinski definition) is 6. The molecule has 0 saturated carbocycles. The lowest BCUT2D eigenvalue weighted by Gasteiger charge is -2.02. The van der Waals surface area contributed by atoms with E-state index in [1.807, 2.05) is 0 Å². The number of nitrogens with zero attached hydrogens (tertiary/aromatic N) is 2. The van der Waals surface area contributed by atoms with Crippen LogP contribution in [0.15, 0.2) is 21.0 Å².